The molecule has 0 aromatic rings. The summed E-state index contributed by atoms with van der Waals surface area (Å²) in [5, 5.41) is 23.9. The van der Waals surface area contributed by atoms with Gasteiger partial charge in [0, 0.05) is 12.0 Å². The Morgan fingerprint density at radius 3 is 2.38 bits per heavy atom. The Morgan fingerprint density at radius 1 is 0.980 bits per heavy atom. The van der Waals surface area contributed by atoms with Crippen molar-refractivity contribution in [2.24, 2.45) is 56.7 Å². The average molecular weight is 700 g/mol. The van der Waals surface area contributed by atoms with Gasteiger partial charge >= 0.3 is 5.97 Å². The van der Waals surface area contributed by atoms with Gasteiger partial charge in [-0.15, -0.1) is 0 Å². The van der Waals surface area contributed by atoms with Crippen molar-refractivity contribution in [3.05, 3.63) is 0 Å². The van der Waals surface area contributed by atoms with Crippen LogP contribution in [-0.2, 0) is 28.5 Å². The number of aliphatic hydroxyl groups excluding tert-OH is 1. The number of carbonyl (C=O) groups is 1. The first-order valence-electron chi connectivity index (χ1n) is 20.4. The van der Waals surface area contributed by atoms with Gasteiger partial charge in [-0.2, -0.15) is 0 Å². The summed E-state index contributed by atoms with van der Waals surface area (Å²) in [4.78, 5) is 15.4. The Balaban J connectivity index is 0.946. The summed E-state index contributed by atoms with van der Waals surface area (Å²) in [6, 6.07) is 0.509. The topological polar surface area (TPSA) is 107 Å². The summed E-state index contributed by atoms with van der Waals surface area (Å²) < 4.78 is 31.6. The van der Waals surface area contributed by atoms with E-state index in [-0.39, 0.29) is 63.9 Å². The Morgan fingerprint density at radius 2 is 1.70 bits per heavy atom. The van der Waals surface area contributed by atoms with Crippen molar-refractivity contribution in [1.29, 1.82) is 0 Å². The maximum absolute atomic E-state index is 12.9. The lowest BCUT2D eigenvalue weighted by Crippen LogP contribution is -2.60. The molecule has 3 saturated heterocycles. The number of fused-ring (bicyclic) bond motifs is 4. The predicted octanol–water partition coefficient (Wildman–Crippen LogP) is 5.33. The van der Waals surface area contributed by atoms with E-state index in [9.17, 15) is 15.0 Å². The number of nitrogens with zero attached hydrogens (tertiary/aromatic N) is 1. The number of morpholine rings is 1. The highest BCUT2D eigenvalue weighted by Gasteiger charge is 2.84. The van der Waals surface area contributed by atoms with E-state index in [0.29, 0.717) is 23.3 Å². The first-order valence-corrected chi connectivity index (χ1v) is 20.4. The van der Waals surface area contributed by atoms with Crippen LogP contribution in [0.5, 0.6) is 0 Å². The summed E-state index contributed by atoms with van der Waals surface area (Å²) in [5.41, 5.74) is -0.919. The lowest BCUT2D eigenvalue weighted by Gasteiger charge is -2.64. The number of ether oxygens (including phenoxy) is 5. The van der Waals surface area contributed by atoms with Gasteiger partial charge in [0.05, 0.1) is 68.3 Å². The first-order chi connectivity index (χ1) is 23.6. The molecule has 0 amide bonds. The highest BCUT2D eigenvalue weighted by atomic mass is 16.7. The SMILES string of the molecule is C[C@@H]1CC(C(OC(=O)C2CC2)C(C)(C)O)OC2[C@H]1C1(C)CCC34CC35CCC(O[C@H]3CN(C6COC6)CCO3)C(C)(C)[C@@H]5CCC4[C@]1(C)[C@H]2O. The number of hydrogen-bond acceptors (Lipinski definition) is 9. The molecule has 6 saturated carbocycles. The smallest absolute Gasteiger partial charge is 0.309 e. The molecule has 9 nitrogen and oxygen atoms in total. The lowest BCUT2D eigenvalue weighted by molar-refractivity contribution is -0.256. The second-order valence-electron chi connectivity index (χ2n) is 20.5. The van der Waals surface area contributed by atoms with Crippen LogP contribution in [0, 0.1) is 56.7 Å². The zero-order chi connectivity index (χ0) is 35.2. The van der Waals surface area contributed by atoms with Gasteiger partial charge in [0.25, 0.3) is 0 Å². The minimum atomic E-state index is -1.24. The fraction of sp³-hybridized carbons (Fsp3) is 0.976. The summed E-state index contributed by atoms with van der Waals surface area (Å²) in [5.74, 6) is 1.30. The Kier molecular flexibility index (Phi) is 7.94. The number of rotatable bonds is 7. The average Bonchev–Trinajstić information content (AvgIpc) is 3.95. The lowest BCUT2D eigenvalue weighted by atomic mass is 9.41. The third-order valence-electron chi connectivity index (χ3n) is 17.5. The summed E-state index contributed by atoms with van der Waals surface area (Å²) in [7, 11) is 0. The fourth-order valence-electron chi connectivity index (χ4n) is 14.6. The van der Waals surface area contributed by atoms with Crippen LogP contribution in [0.15, 0.2) is 0 Å². The standard InChI is InChI=1S/C41H65NO8/c1-23-18-26(34(37(4,5)45)50-35(44)24-8-9-24)48-32-31(23)38(6)14-15-41-22-40(41)13-12-29(49-30-19-42(16-17-47-30)25-20-46-21-25)36(2,3)27(40)10-11-28(41)39(38,7)33(32)43/h23-34,43,45H,8-22H2,1-7H3/t23-,26?,27+,28?,29?,30+,31+,32?,33+,34?,38?,39-,40?,41?/m1/s1. The van der Waals surface area contributed by atoms with Crippen LogP contribution in [0.2, 0.25) is 0 Å². The highest BCUT2D eigenvalue weighted by Crippen LogP contribution is 2.89. The van der Waals surface area contributed by atoms with Gasteiger partial charge in [0.15, 0.2) is 12.4 Å². The third kappa shape index (κ3) is 4.71. The van der Waals surface area contributed by atoms with Crippen molar-refractivity contribution < 1.29 is 38.7 Å². The van der Waals surface area contributed by atoms with Crippen LogP contribution in [0.1, 0.15) is 113 Å². The van der Waals surface area contributed by atoms with E-state index in [1.807, 2.05) is 0 Å². The molecular formula is C41H65NO8. The molecule has 6 aliphatic carbocycles. The van der Waals surface area contributed by atoms with Crippen LogP contribution in [0.3, 0.4) is 0 Å². The molecule has 9 rings (SSSR count). The molecule has 50 heavy (non-hydrogen) atoms. The van der Waals surface area contributed by atoms with Crippen molar-refractivity contribution in [3.8, 4) is 0 Å². The van der Waals surface area contributed by atoms with Crippen LogP contribution in [0.4, 0.5) is 0 Å². The van der Waals surface area contributed by atoms with Gasteiger partial charge in [-0.05, 0) is 123 Å². The van der Waals surface area contributed by atoms with Gasteiger partial charge in [-0.25, -0.2) is 0 Å². The van der Waals surface area contributed by atoms with Gasteiger partial charge < -0.3 is 33.9 Å². The highest BCUT2D eigenvalue weighted by molar-refractivity contribution is 5.75. The van der Waals surface area contributed by atoms with Crippen LogP contribution < -0.4 is 0 Å². The van der Waals surface area contributed by atoms with Crippen molar-refractivity contribution in [2.75, 3.05) is 32.9 Å². The predicted molar refractivity (Wildman–Crippen MR) is 186 cm³/mol. The molecule has 14 atom stereocenters. The van der Waals surface area contributed by atoms with E-state index in [0.717, 1.165) is 71.4 Å². The van der Waals surface area contributed by atoms with Crippen molar-refractivity contribution in [2.45, 2.75) is 161 Å². The van der Waals surface area contributed by atoms with Crippen LogP contribution >= 0.6 is 0 Å². The molecule has 0 aromatic carbocycles. The van der Waals surface area contributed by atoms with E-state index in [2.05, 4.69) is 39.5 Å². The summed E-state index contributed by atoms with van der Waals surface area (Å²) in [6.07, 6.45) is 8.59. The van der Waals surface area contributed by atoms with E-state index in [1.165, 1.54) is 25.7 Å². The van der Waals surface area contributed by atoms with Crippen molar-refractivity contribution in [3.63, 3.8) is 0 Å². The fourth-order valence-corrected chi connectivity index (χ4v) is 14.6. The molecule has 2 spiro atoms. The molecule has 8 unspecified atom stereocenters. The van der Waals surface area contributed by atoms with Gasteiger partial charge in [0.2, 0.25) is 0 Å². The number of esters is 1. The van der Waals surface area contributed by atoms with Crippen molar-refractivity contribution in [1.82, 2.24) is 4.90 Å². The van der Waals surface area contributed by atoms with Gasteiger partial charge in [0.1, 0.15) is 0 Å². The van der Waals surface area contributed by atoms with E-state index < -0.39 is 23.9 Å². The van der Waals surface area contributed by atoms with E-state index in [1.54, 1.807) is 13.8 Å². The molecule has 3 aliphatic heterocycles. The molecular weight excluding hydrogens is 634 g/mol. The molecule has 0 radical (unpaired) electrons. The minimum Gasteiger partial charge on any atom is -0.456 e. The monoisotopic (exact) mass is 699 g/mol. The molecule has 9 aliphatic rings. The largest absolute Gasteiger partial charge is 0.456 e. The molecule has 0 aromatic heterocycles. The molecule has 3 heterocycles. The molecule has 9 heteroatoms. The quantitative estimate of drug-likeness (QED) is 0.341. The molecule has 9 fully saturated rings. The second kappa shape index (κ2) is 11.4. The molecule has 282 valence electrons. The number of aliphatic hydroxyl groups is 2. The Labute approximate surface area is 299 Å². The number of hydrogen-bond donors (Lipinski definition) is 2. The normalized spacial score (nSPS) is 52.0. The van der Waals surface area contributed by atoms with Crippen molar-refractivity contribution >= 4 is 5.97 Å². The summed E-state index contributed by atoms with van der Waals surface area (Å²) >= 11 is 0. The third-order valence-corrected chi connectivity index (χ3v) is 17.5. The van der Waals surface area contributed by atoms with Crippen LogP contribution in [-0.4, -0.2) is 102 Å². The Bertz CT molecular complexity index is 1360. The molecule has 2 N–H and O–H groups in total. The van der Waals surface area contributed by atoms with Crippen LogP contribution in [0.25, 0.3) is 0 Å². The zero-order valence-electron chi connectivity index (χ0n) is 31.8. The zero-order valence-corrected chi connectivity index (χ0v) is 31.8. The van der Waals surface area contributed by atoms with E-state index in [4.69, 9.17) is 23.7 Å². The Hall–Kier alpha value is -0.810. The van der Waals surface area contributed by atoms with Gasteiger partial charge in [-0.3, -0.25) is 9.69 Å². The molecule has 0 bridgehead atoms. The second-order valence-corrected chi connectivity index (χ2v) is 20.5. The maximum Gasteiger partial charge on any atom is 0.309 e. The van der Waals surface area contributed by atoms with E-state index >= 15 is 0 Å². The summed E-state index contributed by atoms with van der Waals surface area (Å²) in [6.45, 7) is 19.8. The van der Waals surface area contributed by atoms with Gasteiger partial charge in [-0.1, -0.05) is 34.6 Å². The first kappa shape index (κ1) is 34.9. The number of carbonyl (C=O) groups excluding carboxylic acids is 1. The maximum atomic E-state index is 12.9. The minimum absolute atomic E-state index is 0.0472.